The molecule has 1 N–H and O–H groups in total. The van der Waals surface area contributed by atoms with E-state index in [1.807, 2.05) is 25.1 Å². The number of piperazine rings is 1. The second-order valence-electron chi connectivity index (χ2n) is 8.02. The largest absolute Gasteiger partial charge is 0.381 e. The van der Waals surface area contributed by atoms with Crippen molar-refractivity contribution in [1.29, 1.82) is 0 Å². The standard InChI is InChI=1S/C25H30N4O2/c1-20-23(19-21-9-4-2-5-10-21)24(25(30)31-27-20)26-13-8-14-28-15-17-29(18-16-28)22-11-6-3-7-12-22/h2-7,9-12,26H,8,13-19H2,1H3. The molecule has 2 aromatic carbocycles. The molecule has 1 aliphatic rings. The summed E-state index contributed by atoms with van der Waals surface area (Å²) in [6, 6.07) is 20.7. The number of para-hydroxylation sites is 1. The number of aromatic nitrogens is 1. The van der Waals surface area contributed by atoms with Crippen LogP contribution in [0.25, 0.3) is 0 Å². The molecule has 0 saturated carbocycles. The molecular formula is C25H30N4O2. The molecule has 0 spiro atoms. The van der Waals surface area contributed by atoms with Gasteiger partial charge in [0.1, 0.15) is 5.69 Å². The van der Waals surface area contributed by atoms with Gasteiger partial charge in [0.15, 0.2) is 0 Å². The minimum absolute atomic E-state index is 0.395. The van der Waals surface area contributed by atoms with Crippen LogP contribution >= 0.6 is 0 Å². The summed E-state index contributed by atoms with van der Waals surface area (Å²) < 4.78 is 4.98. The Morgan fingerprint density at radius 2 is 1.65 bits per heavy atom. The summed E-state index contributed by atoms with van der Waals surface area (Å²) in [7, 11) is 0. The molecule has 0 amide bonds. The monoisotopic (exact) mass is 418 g/mol. The van der Waals surface area contributed by atoms with Crippen LogP contribution in [0.1, 0.15) is 23.2 Å². The Hall–Kier alpha value is -3.12. The Kier molecular flexibility index (Phi) is 6.99. The van der Waals surface area contributed by atoms with Gasteiger partial charge >= 0.3 is 5.63 Å². The molecule has 2 heterocycles. The average molecular weight is 419 g/mol. The fourth-order valence-electron chi connectivity index (χ4n) is 4.09. The average Bonchev–Trinajstić information content (AvgIpc) is 2.82. The van der Waals surface area contributed by atoms with E-state index in [1.165, 1.54) is 5.69 Å². The molecule has 162 valence electrons. The summed E-state index contributed by atoms with van der Waals surface area (Å²) >= 11 is 0. The van der Waals surface area contributed by atoms with Crippen LogP contribution in [0.2, 0.25) is 0 Å². The summed E-state index contributed by atoms with van der Waals surface area (Å²) in [4.78, 5) is 17.3. The predicted octanol–water partition coefficient (Wildman–Crippen LogP) is 3.56. The van der Waals surface area contributed by atoms with Crippen LogP contribution < -0.4 is 15.8 Å². The number of aryl methyl sites for hydroxylation is 1. The fourth-order valence-corrected chi connectivity index (χ4v) is 4.09. The van der Waals surface area contributed by atoms with Crippen LogP contribution in [-0.2, 0) is 6.42 Å². The molecule has 0 radical (unpaired) electrons. The SMILES string of the molecule is Cc1noc(=O)c(NCCCN2CCN(c3ccccc3)CC2)c1Cc1ccccc1. The maximum atomic E-state index is 12.3. The van der Waals surface area contributed by atoms with E-state index in [2.05, 4.69) is 62.7 Å². The molecule has 0 bridgehead atoms. The van der Waals surface area contributed by atoms with Gasteiger partial charge in [0.05, 0.1) is 5.69 Å². The van der Waals surface area contributed by atoms with Crippen LogP contribution in [0.15, 0.2) is 70.0 Å². The van der Waals surface area contributed by atoms with Crippen molar-refractivity contribution in [2.24, 2.45) is 0 Å². The molecule has 1 saturated heterocycles. The Labute approximate surface area is 183 Å². The molecule has 1 fully saturated rings. The summed E-state index contributed by atoms with van der Waals surface area (Å²) in [5, 5.41) is 7.26. The molecule has 0 atom stereocenters. The fraction of sp³-hybridized carbons (Fsp3) is 0.360. The summed E-state index contributed by atoms with van der Waals surface area (Å²) in [6.07, 6.45) is 1.63. The van der Waals surface area contributed by atoms with Gasteiger partial charge in [0, 0.05) is 50.4 Å². The zero-order valence-electron chi connectivity index (χ0n) is 18.1. The van der Waals surface area contributed by atoms with Gasteiger partial charge in [-0.1, -0.05) is 53.7 Å². The van der Waals surface area contributed by atoms with Crippen LogP contribution in [0.5, 0.6) is 0 Å². The molecule has 0 aliphatic carbocycles. The van der Waals surface area contributed by atoms with Gasteiger partial charge in [-0.25, -0.2) is 4.79 Å². The molecule has 1 aromatic heterocycles. The van der Waals surface area contributed by atoms with E-state index in [9.17, 15) is 4.79 Å². The van der Waals surface area contributed by atoms with Gasteiger partial charge in [0.2, 0.25) is 0 Å². The van der Waals surface area contributed by atoms with Crippen LogP contribution in [0.4, 0.5) is 11.4 Å². The second kappa shape index (κ2) is 10.3. The molecule has 31 heavy (non-hydrogen) atoms. The lowest BCUT2D eigenvalue weighted by Gasteiger charge is -2.36. The minimum Gasteiger partial charge on any atom is -0.379 e. The topological polar surface area (TPSA) is 61.6 Å². The van der Waals surface area contributed by atoms with Crippen molar-refractivity contribution in [2.45, 2.75) is 19.8 Å². The third kappa shape index (κ3) is 5.52. The van der Waals surface area contributed by atoms with Crippen molar-refractivity contribution < 1.29 is 4.52 Å². The van der Waals surface area contributed by atoms with E-state index in [4.69, 9.17) is 4.52 Å². The van der Waals surface area contributed by atoms with Crippen molar-refractivity contribution in [3.8, 4) is 0 Å². The number of hydrogen-bond donors (Lipinski definition) is 1. The quantitative estimate of drug-likeness (QED) is 0.565. The van der Waals surface area contributed by atoms with Gasteiger partial charge in [-0.2, -0.15) is 0 Å². The Morgan fingerprint density at radius 1 is 0.968 bits per heavy atom. The Bertz CT molecular complexity index is 1010. The van der Waals surface area contributed by atoms with Gasteiger partial charge in [0.25, 0.3) is 0 Å². The molecule has 6 heteroatoms. The van der Waals surface area contributed by atoms with Crippen molar-refractivity contribution in [3.63, 3.8) is 0 Å². The summed E-state index contributed by atoms with van der Waals surface area (Å²) in [6.45, 7) is 7.85. The van der Waals surface area contributed by atoms with Gasteiger partial charge in [-0.15, -0.1) is 0 Å². The highest BCUT2D eigenvalue weighted by molar-refractivity contribution is 5.52. The molecular weight excluding hydrogens is 388 g/mol. The smallest absolute Gasteiger partial charge is 0.379 e. The van der Waals surface area contributed by atoms with E-state index < -0.39 is 5.63 Å². The normalized spacial score (nSPS) is 14.5. The number of nitrogens with one attached hydrogen (secondary N) is 1. The third-order valence-corrected chi connectivity index (χ3v) is 5.88. The number of benzene rings is 2. The first-order valence-electron chi connectivity index (χ1n) is 11.0. The second-order valence-corrected chi connectivity index (χ2v) is 8.02. The molecule has 0 unspecified atom stereocenters. The van der Waals surface area contributed by atoms with Crippen LogP contribution in [0, 0.1) is 6.92 Å². The van der Waals surface area contributed by atoms with Gasteiger partial charge in [-0.05, 0) is 37.6 Å². The Balaban J connectivity index is 1.28. The Morgan fingerprint density at radius 3 is 2.35 bits per heavy atom. The predicted molar refractivity (Wildman–Crippen MR) is 125 cm³/mol. The van der Waals surface area contributed by atoms with Gasteiger partial charge < -0.3 is 14.7 Å². The highest BCUT2D eigenvalue weighted by atomic mass is 16.5. The van der Waals surface area contributed by atoms with Crippen LogP contribution in [-0.4, -0.2) is 49.3 Å². The van der Waals surface area contributed by atoms with E-state index in [-0.39, 0.29) is 0 Å². The lowest BCUT2D eigenvalue weighted by atomic mass is 10.0. The highest BCUT2D eigenvalue weighted by Crippen LogP contribution is 2.19. The molecule has 4 rings (SSSR count). The number of rotatable bonds is 8. The number of anilines is 2. The first kappa shape index (κ1) is 21.1. The zero-order valence-corrected chi connectivity index (χ0v) is 18.1. The molecule has 3 aromatic rings. The molecule has 1 aliphatic heterocycles. The minimum atomic E-state index is -0.395. The third-order valence-electron chi connectivity index (χ3n) is 5.88. The zero-order chi connectivity index (χ0) is 21.5. The summed E-state index contributed by atoms with van der Waals surface area (Å²) in [5.74, 6) is 0. The van der Waals surface area contributed by atoms with E-state index in [0.717, 1.165) is 62.5 Å². The van der Waals surface area contributed by atoms with E-state index in [0.29, 0.717) is 12.1 Å². The molecule has 6 nitrogen and oxygen atoms in total. The maximum absolute atomic E-state index is 12.3. The van der Waals surface area contributed by atoms with Crippen molar-refractivity contribution in [1.82, 2.24) is 10.1 Å². The highest BCUT2D eigenvalue weighted by Gasteiger charge is 2.17. The maximum Gasteiger partial charge on any atom is 0.381 e. The van der Waals surface area contributed by atoms with Gasteiger partial charge in [-0.3, -0.25) is 4.90 Å². The van der Waals surface area contributed by atoms with Crippen LogP contribution in [0.3, 0.4) is 0 Å². The summed E-state index contributed by atoms with van der Waals surface area (Å²) in [5.41, 5.74) is 4.27. The van der Waals surface area contributed by atoms with E-state index >= 15 is 0 Å². The van der Waals surface area contributed by atoms with Crippen molar-refractivity contribution >= 4 is 11.4 Å². The van der Waals surface area contributed by atoms with E-state index in [1.54, 1.807) is 0 Å². The number of nitrogens with zero attached hydrogens (tertiary/aromatic N) is 3. The lowest BCUT2D eigenvalue weighted by Crippen LogP contribution is -2.46. The first-order chi connectivity index (χ1) is 15.2. The van der Waals surface area contributed by atoms with Crippen molar-refractivity contribution in [2.75, 3.05) is 49.5 Å². The lowest BCUT2D eigenvalue weighted by molar-refractivity contribution is 0.257. The van der Waals surface area contributed by atoms with Crippen molar-refractivity contribution in [3.05, 3.63) is 87.9 Å². The number of hydrogen-bond acceptors (Lipinski definition) is 6. The first-order valence-corrected chi connectivity index (χ1v) is 11.0.